The molecule has 0 unspecified atom stereocenters. The minimum Gasteiger partial charge on any atom is -0.489 e. The van der Waals surface area contributed by atoms with Gasteiger partial charge in [-0.15, -0.1) is 0 Å². The number of carbonyl (C=O) groups excluding carboxylic acids is 1. The summed E-state index contributed by atoms with van der Waals surface area (Å²) in [7, 11) is 2.08. The molecule has 2 aliphatic rings. The molecule has 2 aromatic rings. The van der Waals surface area contributed by atoms with Gasteiger partial charge in [-0.25, -0.2) is 4.98 Å². The first-order valence-corrected chi connectivity index (χ1v) is 11.6. The first-order valence-electron chi connectivity index (χ1n) is 11.6. The third kappa shape index (κ3) is 5.57. The highest BCUT2D eigenvalue weighted by molar-refractivity contribution is 5.76. The van der Waals surface area contributed by atoms with Crippen molar-refractivity contribution in [3.8, 4) is 5.75 Å². The lowest BCUT2D eigenvalue weighted by atomic mass is 9.96. The first-order chi connectivity index (χ1) is 15.5. The summed E-state index contributed by atoms with van der Waals surface area (Å²) >= 11 is 0. The molecule has 2 atom stereocenters. The van der Waals surface area contributed by atoms with Gasteiger partial charge in [-0.3, -0.25) is 0 Å². The van der Waals surface area contributed by atoms with Crippen LogP contribution in [0.2, 0.25) is 0 Å². The van der Waals surface area contributed by atoms with Crippen molar-refractivity contribution in [1.82, 2.24) is 9.97 Å². The summed E-state index contributed by atoms with van der Waals surface area (Å²) in [4.78, 5) is 25.2. The molecule has 4 rings (SSSR count). The Hall–Kier alpha value is -2.67. The molecule has 7 heteroatoms. The second-order valence-corrected chi connectivity index (χ2v) is 9.02. The Balaban J connectivity index is 1.34. The van der Waals surface area contributed by atoms with Crippen LogP contribution in [0.1, 0.15) is 51.0 Å². The Morgan fingerprint density at radius 3 is 2.69 bits per heavy atom. The summed E-state index contributed by atoms with van der Waals surface area (Å²) in [5.41, 5.74) is 1.17. The van der Waals surface area contributed by atoms with E-state index in [0.717, 1.165) is 63.1 Å². The number of ketones is 1. The number of Topliss-reactive ketones (excluding diaryl/α,β-unsaturated/α-hetero) is 1. The highest BCUT2D eigenvalue weighted by Gasteiger charge is 2.26. The number of anilines is 2. The lowest BCUT2D eigenvalue weighted by molar-refractivity contribution is -0.117. The van der Waals surface area contributed by atoms with Gasteiger partial charge < -0.3 is 24.1 Å². The second kappa shape index (κ2) is 10.3. The van der Waals surface area contributed by atoms with E-state index in [2.05, 4.69) is 40.9 Å². The van der Waals surface area contributed by atoms with Gasteiger partial charge in [-0.05, 0) is 49.4 Å². The van der Waals surface area contributed by atoms with Crippen LogP contribution in [0.5, 0.6) is 5.75 Å². The van der Waals surface area contributed by atoms with E-state index in [-0.39, 0.29) is 17.8 Å². The molecule has 32 heavy (non-hydrogen) atoms. The zero-order valence-corrected chi connectivity index (χ0v) is 19.4. The highest BCUT2D eigenvalue weighted by Crippen LogP contribution is 2.26. The van der Waals surface area contributed by atoms with E-state index in [9.17, 15) is 4.79 Å². The zero-order valence-electron chi connectivity index (χ0n) is 19.4. The predicted octanol–water partition coefficient (Wildman–Crippen LogP) is 3.83. The second-order valence-electron chi connectivity index (χ2n) is 9.02. The van der Waals surface area contributed by atoms with Crippen molar-refractivity contribution in [3.05, 3.63) is 42.1 Å². The molecule has 0 aliphatic carbocycles. The van der Waals surface area contributed by atoms with Crippen molar-refractivity contribution in [2.45, 2.75) is 57.6 Å². The monoisotopic (exact) mass is 438 g/mol. The summed E-state index contributed by atoms with van der Waals surface area (Å²) in [6.07, 6.45) is 5.52. The van der Waals surface area contributed by atoms with Crippen LogP contribution in [0.25, 0.3) is 0 Å². The van der Waals surface area contributed by atoms with Gasteiger partial charge in [0.1, 0.15) is 23.5 Å². The van der Waals surface area contributed by atoms with Crippen molar-refractivity contribution in [1.29, 1.82) is 0 Å². The number of aromatic nitrogens is 2. The van der Waals surface area contributed by atoms with Crippen molar-refractivity contribution in [2.75, 3.05) is 43.2 Å². The van der Waals surface area contributed by atoms with E-state index in [1.165, 1.54) is 5.56 Å². The van der Waals surface area contributed by atoms with E-state index >= 15 is 0 Å². The fourth-order valence-corrected chi connectivity index (χ4v) is 4.57. The van der Waals surface area contributed by atoms with Crippen LogP contribution in [0.3, 0.4) is 0 Å². The van der Waals surface area contributed by atoms with Crippen molar-refractivity contribution in [3.63, 3.8) is 0 Å². The van der Waals surface area contributed by atoms with Crippen molar-refractivity contribution >= 4 is 17.5 Å². The van der Waals surface area contributed by atoms with E-state index in [0.29, 0.717) is 12.5 Å². The molecule has 0 saturated carbocycles. The summed E-state index contributed by atoms with van der Waals surface area (Å²) in [5.74, 6) is 3.05. The molecule has 172 valence electrons. The topological polar surface area (TPSA) is 67.8 Å². The molecule has 7 nitrogen and oxygen atoms in total. The maximum absolute atomic E-state index is 11.4. The standard InChI is InChI=1S/C25H34N4O3/c1-18(16-19(2)30)20-4-6-22(7-5-20)32-23-9-13-29(17-23)24-8-12-26-25(27-24)28(3)21-10-14-31-15-11-21/h4-8,12,18,21,23H,9-11,13-17H2,1-3H3/t18-,23-/m1/s1. The summed E-state index contributed by atoms with van der Waals surface area (Å²) in [5, 5.41) is 0. The van der Waals surface area contributed by atoms with Crippen LogP contribution in [-0.2, 0) is 9.53 Å². The molecule has 2 aliphatic heterocycles. The molecule has 0 spiro atoms. The van der Waals surface area contributed by atoms with Gasteiger partial charge >= 0.3 is 0 Å². The minimum atomic E-state index is 0.127. The number of benzene rings is 1. The SMILES string of the molecule is CC(=O)C[C@@H](C)c1ccc(O[C@@H]2CCN(c3ccnc(N(C)C4CCOCC4)n3)C2)cc1. The highest BCUT2D eigenvalue weighted by atomic mass is 16.5. The third-order valence-electron chi connectivity index (χ3n) is 6.50. The molecule has 3 heterocycles. The Kier molecular flexibility index (Phi) is 7.25. The average molecular weight is 439 g/mol. The smallest absolute Gasteiger partial charge is 0.227 e. The van der Waals surface area contributed by atoms with Crippen LogP contribution in [-0.4, -0.2) is 61.2 Å². The number of nitrogens with zero attached hydrogens (tertiary/aromatic N) is 4. The Morgan fingerprint density at radius 2 is 1.97 bits per heavy atom. The lowest BCUT2D eigenvalue weighted by Gasteiger charge is -2.31. The van der Waals surface area contributed by atoms with Crippen LogP contribution < -0.4 is 14.5 Å². The first kappa shape index (κ1) is 22.5. The van der Waals surface area contributed by atoms with E-state index in [1.54, 1.807) is 6.92 Å². The van der Waals surface area contributed by atoms with Gasteiger partial charge in [0.05, 0.1) is 6.54 Å². The Morgan fingerprint density at radius 1 is 1.22 bits per heavy atom. The van der Waals surface area contributed by atoms with Gasteiger partial charge in [-0.2, -0.15) is 4.98 Å². The van der Waals surface area contributed by atoms with Gasteiger partial charge in [0, 0.05) is 51.9 Å². The van der Waals surface area contributed by atoms with Crippen LogP contribution in [0.15, 0.2) is 36.5 Å². The van der Waals surface area contributed by atoms with Crippen LogP contribution in [0, 0.1) is 0 Å². The van der Waals surface area contributed by atoms with Gasteiger partial charge in [0.15, 0.2) is 0 Å². The molecule has 0 bridgehead atoms. The molecule has 0 radical (unpaired) electrons. The Bertz CT molecular complexity index is 898. The molecule has 0 amide bonds. The van der Waals surface area contributed by atoms with Gasteiger partial charge in [0.2, 0.25) is 5.95 Å². The number of rotatable bonds is 8. The normalized spacial score (nSPS) is 20.2. The summed E-state index contributed by atoms with van der Waals surface area (Å²) in [6, 6.07) is 10.6. The molecular formula is C25H34N4O3. The maximum Gasteiger partial charge on any atom is 0.227 e. The zero-order chi connectivity index (χ0) is 22.5. The average Bonchev–Trinajstić information content (AvgIpc) is 3.28. The lowest BCUT2D eigenvalue weighted by Crippen LogP contribution is -2.38. The number of hydrogen-bond donors (Lipinski definition) is 0. The van der Waals surface area contributed by atoms with Crippen LogP contribution >= 0.6 is 0 Å². The number of carbonyl (C=O) groups is 1. The molecule has 1 aromatic carbocycles. The maximum atomic E-state index is 11.4. The van der Waals surface area contributed by atoms with E-state index in [1.807, 2.05) is 24.4 Å². The molecule has 2 fully saturated rings. The van der Waals surface area contributed by atoms with Gasteiger partial charge in [0.25, 0.3) is 0 Å². The van der Waals surface area contributed by atoms with Crippen molar-refractivity contribution < 1.29 is 14.3 Å². The fraction of sp³-hybridized carbons (Fsp3) is 0.560. The molecule has 1 aromatic heterocycles. The largest absolute Gasteiger partial charge is 0.489 e. The van der Waals surface area contributed by atoms with Crippen molar-refractivity contribution in [2.24, 2.45) is 0 Å². The quantitative estimate of drug-likeness (QED) is 0.620. The Labute approximate surface area is 190 Å². The van der Waals surface area contributed by atoms with E-state index < -0.39 is 0 Å². The van der Waals surface area contributed by atoms with Crippen LogP contribution in [0.4, 0.5) is 11.8 Å². The molecular weight excluding hydrogens is 404 g/mol. The number of ether oxygens (including phenoxy) is 2. The van der Waals surface area contributed by atoms with E-state index in [4.69, 9.17) is 14.5 Å². The molecule has 2 saturated heterocycles. The summed E-state index contributed by atoms with van der Waals surface area (Å²) < 4.78 is 11.7. The fourth-order valence-electron chi connectivity index (χ4n) is 4.57. The summed E-state index contributed by atoms with van der Waals surface area (Å²) in [6.45, 7) is 7.05. The minimum absolute atomic E-state index is 0.127. The third-order valence-corrected chi connectivity index (χ3v) is 6.50. The van der Waals surface area contributed by atoms with Gasteiger partial charge in [-0.1, -0.05) is 19.1 Å². The molecule has 0 N–H and O–H groups in total. The number of hydrogen-bond acceptors (Lipinski definition) is 7. The predicted molar refractivity (Wildman–Crippen MR) is 126 cm³/mol.